The second-order valence-corrected chi connectivity index (χ2v) is 5.50. The number of aromatic nitrogens is 1. The summed E-state index contributed by atoms with van der Waals surface area (Å²) in [6.07, 6.45) is -0.560. The zero-order valence-corrected chi connectivity index (χ0v) is 14.4. The van der Waals surface area contributed by atoms with E-state index in [9.17, 15) is 4.79 Å². The van der Waals surface area contributed by atoms with Crippen LogP contribution in [0.25, 0.3) is 0 Å². The normalized spacial score (nSPS) is 10.2. The van der Waals surface area contributed by atoms with E-state index in [4.69, 9.17) is 10.5 Å². The quantitative estimate of drug-likeness (QED) is 0.625. The molecule has 128 valence electrons. The van der Waals surface area contributed by atoms with Gasteiger partial charge in [0, 0.05) is 0 Å². The monoisotopic (exact) mass is 329 g/mol. The number of nitrogens with two attached hydrogens (primary N) is 1. The molecule has 2 aromatic rings. The van der Waals surface area contributed by atoms with Crippen LogP contribution in [0.4, 0.5) is 27.8 Å². The summed E-state index contributed by atoms with van der Waals surface area (Å²) in [6, 6.07) is 7.58. The lowest BCUT2D eigenvalue weighted by Gasteiger charge is -2.16. The number of anilines is 4. The minimum absolute atomic E-state index is 0.201. The van der Waals surface area contributed by atoms with Crippen molar-refractivity contribution in [3.63, 3.8) is 0 Å². The van der Waals surface area contributed by atoms with Crippen LogP contribution in [0.5, 0.6) is 0 Å². The molecule has 0 aliphatic carbocycles. The van der Waals surface area contributed by atoms with Gasteiger partial charge in [-0.25, -0.2) is 9.78 Å². The number of aryl methyl sites for hydroxylation is 3. The molecule has 0 saturated heterocycles. The Balaban J connectivity index is 2.06. The van der Waals surface area contributed by atoms with Crippen LogP contribution in [0.2, 0.25) is 0 Å². The summed E-state index contributed by atoms with van der Waals surface area (Å²) in [5.41, 5.74) is 16.9. The first kappa shape index (κ1) is 17.4. The molecule has 0 aliphatic rings. The van der Waals surface area contributed by atoms with Crippen molar-refractivity contribution in [1.82, 2.24) is 4.98 Å². The summed E-state index contributed by atoms with van der Waals surface area (Å²) < 4.78 is 4.81. The standard InChI is InChI=1S/C17H23N5O2/c1-5-24-17(23)19-13-6-7-14(20-16(13)18)21-22-15-11(3)8-10(2)9-12(15)4/h6-9,22H,5H2,1-4H3,(H,19,23)(H3,18,20,21). The first-order chi connectivity index (χ1) is 11.4. The Hall–Kier alpha value is -2.96. The predicted octanol–water partition coefficient (Wildman–Crippen LogP) is 3.60. The van der Waals surface area contributed by atoms with E-state index in [2.05, 4.69) is 40.2 Å². The Morgan fingerprint density at radius 1 is 1.17 bits per heavy atom. The average molecular weight is 329 g/mol. The van der Waals surface area contributed by atoms with Gasteiger partial charge < -0.3 is 10.5 Å². The van der Waals surface area contributed by atoms with Gasteiger partial charge in [-0.05, 0) is 51.0 Å². The molecule has 0 bridgehead atoms. The molecular formula is C17H23N5O2. The number of carbonyl (C=O) groups excluding carboxylic acids is 1. The molecular weight excluding hydrogens is 306 g/mol. The van der Waals surface area contributed by atoms with Gasteiger partial charge in [-0.2, -0.15) is 0 Å². The van der Waals surface area contributed by atoms with Gasteiger partial charge in [0.15, 0.2) is 0 Å². The molecule has 0 radical (unpaired) electrons. The third-order valence-electron chi connectivity index (χ3n) is 3.43. The number of benzene rings is 1. The molecule has 7 nitrogen and oxygen atoms in total. The molecule has 1 heterocycles. The number of hydrogen-bond donors (Lipinski definition) is 4. The maximum atomic E-state index is 11.4. The molecule has 0 spiro atoms. The topological polar surface area (TPSA) is 101 Å². The van der Waals surface area contributed by atoms with Gasteiger partial charge in [0.05, 0.1) is 18.0 Å². The van der Waals surface area contributed by atoms with Crippen molar-refractivity contribution in [3.8, 4) is 0 Å². The third kappa shape index (κ3) is 4.28. The lowest BCUT2D eigenvalue weighted by Crippen LogP contribution is -2.16. The van der Waals surface area contributed by atoms with Gasteiger partial charge in [0.1, 0.15) is 11.6 Å². The number of hydrazine groups is 1. The summed E-state index contributed by atoms with van der Waals surface area (Å²) in [4.78, 5) is 15.6. The van der Waals surface area contributed by atoms with Crippen LogP contribution in [0.15, 0.2) is 24.3 Å². The van der Waals surface area contributed by atoms with Crippen LogP contribution in [0.1, 0.15) is 23.6 Å². The molecule has 24 heavy (non-hydrogen) atoms. The van der Waals surface area contributed by atoms with Crippen LogP contribution in [0.3, 0.4) is 0 Å². The Kier molecular flexibility index (Phi) is 5.47. The number of nitrogens with one attached hydrogen (secondary N) is 3. The van der Waals surface area contributed by atoms with E-state index in [0.29, 0.717) is 11.5 Å². The van der Waals surface area contributed by atoms with Crippen LogP contribution >= 0.6 is 0 Å². The summed E-state index contributed by atoms with van der Waals surface area (Å²) in [5, 5.41) is 2.54. The number of pyridine rings is 1. The Labute approximate surface area is 141 Å². The Morgan fingerprint density at radius 2 is 1.83 bits per heavy atom. The molecule has 0 unspecified atom stereocenters. The molecule has 1 amide bonds. The van der Waals surface area contributed by atoms with E-state index in [-0.39, 0.29) is 12.4 Å². The molecule has 0 fully saturated rings. The van der Waals surface area contributed by atoms with Crippen molar-refractivity contribution in [2.75, 3.05) is 28.5 Å². The predicted molar refractivity (Wildman–Crippen MR) is 97.2 cm³/mol. The van der Waals surface area contributed by atoms with Crippen molar-refractivity contribution < 1.29 is 9.53 Å². The second kappa shape index (κ2) is 7.54. The zero-order valence-electron chi connectivity index (χ0n) is 14.4. The summed E-state index contributed by atoms with van der Waals surface area (Å²) in [5.74, 6) is 0.744. The molecule has 0 saturated carbocycles. The highest BCUT2D eigenvalue weighted by atomic mass is 16.5. The Morgan fingerprint density at radius 3 is 2.42 bits per heavy atom. The molecule has 7 heteroatoms. The number of ether oxygens (including phenoxy) is 1. The van der Waals surface area contributed by atoms with E-state index in [1.807, 2.05) is 13.8 Å². The molecule has 5 N–H and O–H groups in total. The van der Waals surface area contributed by atoms with Crippen LogP contribution in [-0.2, 0) is 4.74 Å². The van der Waals surface area contributed by atoms with Gasteiger partial charge in [-0.3, -0.25) is 16.2 Å². The highest BCUT2D eigenvalue weighted by Gasteiger charge is 2.08. The number of nitrogens with zero attached hydrogens (tertiary/aromatic N) is 1. The van der Waals surface area contributed by atoms with Crippen LogP contribution < -0.4 is 21.9 Å². The molecule has 0 atom stereocenters. The van der Waals surface area contributed by atoms with Gasteiger partial charge in [-0.15, -0.1) is 0 Å². The van der Waals surface area contributed by atoms with Crippen molar-refractivity contribution in [2.45, 2.75) is 27.7 Å². The van der Waals surface area contributed by atoms with Crippen LogP contribution in [-0.4, -0.2) is 17.7 Å². The van der Waals surface area contributed by atoms with Crippen molar-refractivity contribution in [2.24, 2.45) is 0 Å². The van der Waals surface area contributed by atoms with Crippen molar-refractivity contribution in [3.05, 3.63) is 41.0 Å². The summed E-state index contributed by atoms with van der Waals surface area (Å²) in [7, 11) is 0. The maximum Gasteiger partial charge on any atom is 0.411 e. The number of amides is 1. The molecule has 2 rings (SSSR count). The summed E-state index contributed by atoms with van der Waals surface area (Å²) in [6.45, 7) is 8.16. The van der Waals surface area contributed by atoms with Crippen LogP contribution in [0, 0.1) is 20.8 Å². The highest BCUT2D eigenvalue weighted by molar-refractivity contribution is 5.88. The fourth-order valence-corrected chi connectivity index (χ4v) is 2.43. The zero-order chi connectivity index (χ0) is 17.7. The van der Waals surface area contributed by atoms with Crippen molar-refractivity contribution >= 4 is 29.1 Å². The maximum absolute atomic E-state index is 11.4. The van der Waals surface area contributed by atoms with E-state index < -0.39 is 6.09 Å². The van der Waals surface area contributed by atoms with E-state index in [1.54, 1.807) is 19.1 Å². The van der Waals surface area contributed by atoms with Gasteiger partial charge in [0.25, 0.3) is 0 Å². The first-order valence-corrected chi connectivity index (χ1v) is 7.71. The highest BCUT2D eigenvalue weighted by Crippen LogP contribution is 2.23. The first-order valence-electron chi connectivity index (χ1n) is 7.71. The van der Waals surface area contributed by atoms with E-state index in [1.165, 1.54) is 5.56 Å². The largest absolute Gasteiger partial charge is 0.450 e. The third-order valence-corrected chi connectivity index (χ3v) is 3.43. The van der Waals surface area contributed by atoms with Crippen molar-refractivity contribution in [1.29, 1.82) is 0 Å². The number of carbonyl (C=O) groups is 1. The molecule has 1 aromatic heterocycles. The number of hydrogen-bond acceptors (Lipinski definition) is 6. The Bertz CT molecular complexity index is 723. The fourth-order valence-electron chi connectivity index (χ4n) is 2.43. The van der Waals surface area contributed by atoms with Gasteiger partial charge in [0.2, 0.25) is 0 Å². The molecule has 1 aromatic carbocycles. The summed E-state index contributed by atoms with van der Waals surface area (Å²) >= 11 is 0. The minimum atomic E-state index is -0.560. The molecule has 0 aliphatic heterocycles. The second-order valence-electron chi connectivity index (χ2n) is 5.50. The average Bonchev–Trinajstić information content (AvgIpc) is 2.49. The number of rotatable bonds is 5. The lowest BCUT2D eigenvalue weighted by atomic mass is 10.1. The fraction of sp³-hybridized carbons (Fsp3) is 0.294. The van der Waals surface area contributed by atoms with Gasteiger partial charge in [-0.1, -0.05) is 17.7 Å². The lowest BCUT2D eigenvalue weighted by molar-refractivity contribution is 0.168. The number of nitrogen functional groups attached to an aromatic ring is 1. The SMILES string of the molecule is CCOC(=O)Nc1ccc(NNc2c(C)cc(C)cc2C)nc1N. The van der Waals surface area contributed by atoms with E-state index in [0.717, 1.165) is 16.8 Å². The smallest absolute Gasteiger partial charge is 0.411 e. The minimum Gasteiger partial charge on any atom is -0.450 e. The van der Waals surface area contributed by atoms with E-state index >= 15 is 0 Å². The van der Waals surface area contributed by atoms with Gasteiger partial charge >= 0.3 is 6.09 Å².